The predicted octanol–water partition coefficient (Wildman–Crippen LogP) is 1.98. The smallest absolute Gasteiger partial charge is 0.191 e. The molecule has 1 unspecified atom stereocenters. The topological polar surface area (TPSA) is 41.6 Å². The lowest BCUT2D eigenvalue weighted by molar-refractivity contribution is 0.210. The molecule has 0 aromatic heterocycles. The van der Waals surface area contributed by atoms with Crippen LogP contribution in [0.3, 0.4) is 0 Å². The summed E-state index contributed by atoms with van der Waals surface area (Å²) >= 11 is 0. The van der Waals surface area contributed by atoms with Crippen LogP contribution in [-0.4, -0.2) is 29.5 Å². The number of nitrogens with two attached hydrogens (primary N) is 1. The molecule has 0 fully saturated rings. The van der Waals surface area contributed by atoms with Gasteiger partial charge < -0.3 is 10.6 Å². The summed E-state index contributed by atoms with van der Waals surface area (Å²) in [5, 5.41) is 0. The number of aliphatic imine (C=N–C) groups is 1. The zero-order chi connectivity index (χ0) is 10.6. The van der Waals surface area contributed by atoms with Crippen molar-refractivity contribution in [2.45, 2.75) is 52.0 Å². The summed E-state index contributed by atoms with van der Waals surface area (Å²) in [6.07, 6.45) is 5.08. The van der Waals surface area contributed by atoms with E-state index in [0.717, 1.165) is 19.0 Å². The molecule has 3 nitrogen and oxygen atoms in total. The lowest BCUT2D eigenvalue weighted by Gasteiger charge is -2.35. The van der Waals surface area contributed by atoms with Gasteiger partial charge in [0.1, 0.15) is 0 Å². The summed E-state index contributed by atoms with van der Waals surface area (Å²) in [5.74, 6) is 0.728. The van der Waals surface area contributed by atoms with Crippen LogP contribution in [0.4, 0.5) is 0 Å². The Morgan fingerprint density at radius 3 is 2.71 bits per heavy atom. The first-order valence-electron chi connectivity index (χ1n) is 5.71. The van der Waals surface area contributed by atoms with Crippen molar-refractivity contribution in [1.29, 1.82) is 0 Å². The van der Waals surface area contributed by atoms with Gasteiger partial charge in [0.05, 0.1) is 12.1 Å². The minimum atomic E-state index is 0.188. The number of rotatable bonds is 5. The van der Waals surface area contributed by atoms with Crippen molar-refractivity contribution in [3.63, 3.8) is 0 Å². The van der Waals surface area contributed by atoms with E-state index in [-0.39, 0.29) is 5.54 Å². The van der Waals surface area contributed by atoms with E-state index in [1.54, 1.807) is 0 Å². The molecule has 3 heteroatoms. The zero-order valence-electron chi connectivity index (χ0n) is 9.71. The average Bonchev–Trinajstić information content (AvgIpc) is 2.43. The largest absolute Gasteiger partial charge is 0.370 e. The van der Waals surface area contributed by atoms with E-state index in [2.05, 4.69) is 30.7 Å². The van der Waals surface area contributed by atoms with E-state index in [9.17, 15) is 0 Å². The van der Waals surface area contributed by atoms with Gasteiger partial charge in [-0.15, -0.1) is 0 Å². The SMILES string of the molecule is CCCCCC1(C)CN=C(N)N1CC. The Balaban J connectivity index is 2.49. The summed E-state index contributed by atoms with van der Waals surface area (Å²) in [6, 6.07) is 0. The first kappa shape index (κ1) is 11.3. The zero-order valence-corrected chi connectivity index (χ0v) is 9.71. The lowest BCUT2D eigenvalue weighted by atomic mass is 9.93. The molecule has 82 valence electrons. The van der Waals surface area contributed by atoms with Crippen molar-refractivity contribution in [2.24, 2.45) is 10.7 Å². The minimum absolute atomic E-state index is 0.188. The van der Waals surface area contributed by atoms with Gasteiger partial charge in [0.2, 0.25) is 0 Å². The highest BCUT2D eigenvalue weighted by molar-refractivity contribution is 5.80. The van der Waals surface area contributed by atoms with E-state index in [0.29, 0.717) is 0 Å². The molecule has 2 N–H and O–H groups in total. The van der Waals surface area contributed by atoms with Crippen LogP contribution < -0.4 is 5.73 Å². The molecule has 0 bridgehead atoms. The Morgan fingerprint density at radius 2 is 2.14 bits per heavy atom. The van der Waals surface area contributed by atoms with E-state index >= 15 is 0 Å². The second-order valence-corrected chi connectivity index (χ2v) is 4.37. The molecule has 1 rings (SSSR count). The standard InChI is InChI=1S/C11H23N3/c1-4-6-7-8-11(3)9-13-10(12)14(11)5-2/h4-9H2,1-3H3,(H2,12,13). The molecule has 0 aliphatic carbocycles. The fourth-order valence-electron chi connectivity index (χ4n) is 2.21. The monoisotopic (exact) mass is 197 g/mol. The molecule has 0 saturated heterocycles. The summed E-state index contributed by atoms with van der Waals surface area (Å²) in [4.78, 5) is 6.58. The molecule has 1 atom stereocenters. The Kier molecular flexibility index (Phi) is 3.78. The predicted molar refractivity (Wildman–Crippen MR) is 61.4 cm³/mol. The van der Waals surface area contributed by atoms with Gasteiger partial charge in [-0.3, -0.25) is 4.99 Å². The van der Waals surface area contributed by atoms with Gasteiger partial charge in [-0.2, -0.15) is 0 Å². The maximum Gasteiger partial charge on any atom is 0.191 e. The van der Waals surface area contributed by atoms with Crippen molar-refractivity contribution in [3.05, 3.63) is 0 Å². The molecule has 0 amide bonds. The van der Waals surface area contributed by atoms with Crippen LogP contribution in [-0.2, 0) is 0 Å². The average molecular weight is 197 g/mol. The number of nitrogens with zero attached hydrogens (tertiary/aromatic N) is 2. The third kappa shape index (κ3) is 2.20. The summed E-state index contributed by atoms with van der Waals surface area (Å²) < 4.78 is 0. The molecule has 14 heavy (non-hydrogen) atoms. The van der Waals surface area contributed by atoms with Crippen molar-refractivity contribution in [3.8, 4) is 0 Å². The van der Waals surface area contributed by atoms with Gasteiger partial charge in [-0.1, -0.05) is 26.2 Å². The van der Waals surface area contributed by atoms with Crippen LogP contribution in [0.25, 0.3) is 0 Å². The molecule has 0 aromatic rings. The summed E-state index contributed by atoms with van der Waals surface area (Å²) in [5.41, 5.74) is 6.03. The van der Waals surface area contributed by atoms with Gasteiger partial charge in [0.25, 0.3) is 0 Å². The van der Waals surface area contributed by atoms with Crippen molar-refractivity contribution in [2.75, 3.05) is 13.1 Å². The van der Waals surface area contributed by atoms with Crippen LogP contribution in [0.15, 0.2) is 4.99 Å². The first-order chi connectivity index (χ1) is 6.64. The second-order valence-electron chi connectivity index (χ2n) is 4.37. The molecule has 0 spiro atoms. The summed E-state index contributed by atoms with van der Waals surface area (Å²) in [6.45, 7) is 8.50. The Hall–Kier alpha value is -0.730. The van der Waals surface area contributed by atoms with Gasteiger partial charge in [-0.05, 0) is 20.3 Å². The minimum Gasteiger partial charge on any atom is -0.370 e. The highest BCUT2D eigenvalue weighted by Gasteiger charge is 2.35. The number of hydrogen-bond donors (Lipinski definition) is 1. The first-order valence-corrected chi connectivity index (χ1v) is 5.71. The number of guanidine groups is 1. The normalized spacial score (nSPS) is 26.8. The highest BCUT2D eigenvalue weighted by Crippen LogP contribution is 2.26. The Morgan fingerprint density at radius 1 is 1.43 bits per heavy atom. The van der Waals surface area contributed by atoms with Crippen LogP contribution in [0.1, 0.15) is 46.5 Å². The van der Waals surface area contributed by atoms with Crippen LogP contribution >= 0.6 is 0 Å². The molecule has 1 heterocycles. The molecular weight excluding hydrogens is 174 g/mol. The third-order valence-electron chi connectivity index (χ3n) is 3.15. The molecule has 0 aromatic carbocycles. The molecule has 0 radical (unpaired) electrons. The molecule has 1 aliphatic rings. The van der Waals surface area contributed by atoms with Crippen molar-refractivity contribution >= 4 is 5.96 Å². The van der Waals surface area contributed by atoms with Gasteiger partial charge in [0.15, 0.2) is 5.96 Å². The second kappa shape index (κ2) is 4.67. The number of unbranched alkanes of at least 4 members (excludes halogenated alkanes) is 2. The lowest BCUT2D eigenvalue weighted by Crippen LogP contribution is -2.49. The number of likely N-dealkylation sites (N-methyl/N-ethyl adjacent to an activating group) is 1. The van der Waals surface area contributed by atoms with Gasteiger partial charge in [-0.25, -0.2) is 0 Å². The highest BCUT2D eigenvalue weighted by atomic mass is 15.3. The van der Waals surface area contributed by atoms with Crippen LogP contribution in [0.5, 0.6) is 0 Å². The van der Waals surface area contributed by atoms with E-state index in [1.807, 2.05) is 0 Å². The van der Waals surface area contributed by atoms with E-state index in [1.165, 1.54) is 25.7 Å². The quantitative estimate of drug-likeness (QED) is 0.685. The van der Waals surface area contributed by atoms with Crippen molar-refractivity contribution < 1.29 is 0 Å². The molecular formula is C11H23N3. The number of hydrogen-bond acceptors (Lipinski definition) is 3. The third-order valence-corrected chi connectivity index (χ3v) is 3.15. The maximum atomic E-state index is 5.85. The molecule has 0 saturated carbocycles. The fourth-order valence-corrected chi connectivity index (χ4v) is 2.21. The van der Waals surface area contributed by atoms with E-state index < -0.39 is 0 Å². The Bertz CT molecular complexity index is 213. The maximum absolute atomic E-state index is 5.85. The fraction of sp³-hybridized carbons (Fsp3) is 0.909. The van der Waals surface area contributed by atoms with Crippen LogP contribution in [0.2, 0.25) is 0 Å². The van der Waals surface area contributed by atoms with Crippen LogP contribution in [0, 0.1) is 0 Å². The van der Waals surface area contributed by atoms with Crippen molar-refractivity contribution in [1.82, 2.24) is 4.90 Å². The van der Waals surface area contributed by atoms with Gasteiger partial charge >= 0.3 is 0 Å². The summed E-state index contributed by atoms with van der Waals surface area (Å²) in [7, 11) is 0. The Labute approximate surface area is 87.4 Å². The van der Waals surface area contributed by atoms with E-state index in [4.69, 9.17) is 5.73 Å². The molecule has 1 aliphatic heterocycles. The van der Waals surface area contributed by atoms with Gasteiger partial charge in [0, 0.05) is 6.54 Å².